The monoisotopic (exact) mass is 574 g/mol. The van der Waals surface area contributed by atoms with E-state index in [0.717, 1.165) is 6.07 Å². The van der Waals surface area contributed by atoms with Crippen LogP contribution in [-0.2, 0) is 22.6 Å². The molecular weight excluding hydrogens is 539 g/mol. The number of sulfone groups is 1. The third-order valence-corrected chi connectivity index (χ3v) is 9.22. The summed E-state index contributed by atoms with van der Waals surface area (Å²) in [6.45, 7) is 7.59. The minimum atomic E-state index is -3.36. The second kappa shape index (κ2) is 12.1. The number of benzene rings is 2. The predicted octanol–water partition coefficient (Wildman–Crippen LogP) is 5.24. The highest BCUT2D eigenvalue weighted by Gasteiger charge is 2.26. The van der Waals surface area contributed by atoms with E-state index < -0.39 is 21.4 Å². The van der Waals surface area contributed by atoms with Crippen LogP contribution in [0, 0.1) is 5.82 Å². The number of halogens is 1. The first-order valence-corrected chi connectivity index (χ1v) is 15.2. The van der Waals surface area contributed by atoms with Crippen molar-refractivity contribution in [2.45, 2.75) is 50.5 Å². The van der Waals surface area contributed by atoms with Crippen LogP contribution in [0.1, 0.15) is 67.1 Å². The van der Waals surface area contributed by atoms with Crippen LogP contribution in [-0.4, -0.2) is 36.4 Å². The van der Waals surface area contributed by atoms with Crippen molar-refractivity contribution in [3.8, 4) is 16.9 Å². The fraction of sp³-hybridized carbons (Fsp3) is 0.379. The molecule has 1 aromatic heterocycles. The Labute approximate surface area is 233 Å². The van der Waals surface area contributed by atoms with E-state index in [4.69, 9.17) is 9.88 Å². The summed E-state index contributed by atoms with van der Waals surface area (Å²) in [4.78, 5) is 26.5. The Morgan fingerprint density at radius 2 is 1.85 bits per heavy atom. The zero-order valence-corrected chi connectivity index (χ0v) is 24.7. The molecule has 0 saturated heterocycles. The van der Waals surface area contributed by atoms with Crippen LogP contribution in [0.5, 0.6) is 5.75 Å². The van der Waals surface area contributed by atoms with Gasteiger partial charge in [-0.2, -0.15) is 0 Å². The first kappa shape index (κ1) is 30.6. The topological polar surface area (TPSA) is 108 Å². The highest BCUT2D eigenvalue weighted by Crippen LogP contribution is 2.38. The average Bonchev–Trinajstić information content (AvgIpc) is 2.89. The summed E-state index contributed by atoms with van der Waals surface area (Å²) in [5.41, 5.74) is 2.47. The zero-order valence-electron chi connectivity index (χ0n) is 23.1. The largest absolute Gasteiger partial charge is 0.494 e. The molecule has 210 valence electrons. The minimum absolute atomic E-state index is 0.0152. The SMILES string of the molecule is CCS(=O)(=O)Cc1ccc(C(=O)c2ccc(OC)c(F)c2)c(-c2cn(C)c(=O)cc2[C@@H](C)CC(C)(C)SN)c1. The van der Waals surface area contributed by atoms with Gasteiger partial charge in [-0.05, 0) is 67.1 Å². The molecule has 0 spiro atoms. The van der Waals surface area contributed by atoms with Crippen LogP contribution < -0.4 is 15.4 Å². The van der Waals surface area contributed by atoms with E-state index in [-0.39, 0.29) is 44.6 Å². The molecule has 7 nitrogen and oxygen atoms in total. The number of hydrogen-bond donors (Lipinski definition) is 1. The number of nitrogens with two attached hydrogens (primary N) is 1. The Balaban J connectivity index is 2.29. The van der Waals surface area contributed by atoms with Gasteiger partial charge in [-0.25, -0.2) is 12.8 Å². The molecule has 0 aliphatic carbocycles. The van der Waals surface area contributed by atoms with Crippen molar-refractivity contribution in [1.82, 2.24) is 4.57 Å². The van der Waals surface area contributed by atoms with Crippen LogP contribution in [0.2, 0.25) is 0 Å². The van der Waals surface area contributed by atoms with Gasteiger partial charge in [-0.3, -0.25) is 14.7 Å². The number of ether oxygens (including phenoxy) is 1. The van der Waals surface area contributed by atoms with E-state index in [0.29, 0.717) is 28.7 Å². The second-order valence-corrected chi connectivity index (χ2v) is 14.0. The number of pyridine rings is 1. The molecular formula is C29H35FN2O5S2. The Morgan fingerprint density at radius 3 is 2.44 bits per heavy atom. The minimum Gasteiger partial charge on any atom is -0.494 e. The lowest BCUT2D eigenvalue weighted by Gasteiger charge is -2.27. The number of rotatable bonds is 11. The summed E-state index contributed by atoms with van der Waals surface area (Å²) in [6.07, 6.45) is 2.31. The van der Waals surface area contributed by atoms with Gasteiger partial charge < -0.3 is 9.30 Å². The van der Waals surface area contributed by atoms with E-state index in [1.54, 1.807) is 44.4 Å². The molecule has 3 rings (SSSR count). The van der Waals surface area contributed by atoms with Crippen molar-refractivity contribution >= 4 is 27.6 Å². The predicted molar refractivity (Wildman–Crippen MR) is 156 cm³/mol. The standard InChI is InChI=1S/C29H35FN2O5S2/c1-7-39(35,36)17-19-8-10-21(28(34)20-9-11-26(37-6)25(30)13-20)23(12-19)24-16-32(5)27(33)14-22(24)18(2)15-29(3,4)38-31/h8-14,16,18H,7,15,17,31H2,1-6H3/t18-/m0/s1. The van der Waals surface area contributed by atoms with E-state index in [2.05, 4.69) is 0 Å². The lowest BCUT2D eigenvalue weighted by atomic mass is 9.84. The molecule has 0 aliphatic heterocycles. The summed E-state index contributed by atoms with van der Waals surface area (Å²) < 4.78 is 45.5. The number of aromatic nitrogens is 1. The van der Waals surface area contributed by atoms with Gasteiger partial charge in [0.25, 0.3) is 5.56 Å². The average molecular weight is 575 g/mol. The maximum absolute atomic E-state index is 14.5. The van der Waals surface area contributed by atoms with Gasteiger partial charge in [-0.15, -0.1) is 0 Å². The Bertz CT molecular complexity index is 1550. The fourth-order valence-electron chi connectivity index (χ4n) is 4.59. The van der Waals surface area contributed by atoms with Gasteiger partial charge in [0.05, 0.1) is 12.9 Å². The van der Waals surface area contributed by atoms with E-state index >= 15 is 0 Å². The van der Waals surface area contributed by atoms with Crippen molar-refractivity contribution in [3.05, 3.63) is 87.1 Å². The van der Waals surface area contributed by atoms with Crippen LogP contribution in [0.4, 0.5) is 4.39 Å². The molecule has 0 bridgehead atoms. The first-order chi connectivity index (χ1) is 18.2. The van der Waals surface area contributed by atoms with Crippen LogP contribution in [0.15, 0.2) is 53.5 Å². The molecule has 0 radical (unpaired) electrons. The molecule has 2 aromatic carbocycles. The summed E-state index contributed by atoms with van der Waals surface area (Å²) in [5, 5.41) is 5.90. The number of carbonyl (C=O) groups is 1. The molecule has 3 aromatic rings. The van der Waals surface area contributed by atoms with Gasteiger partial charge in [0.15, 0.2) is 27.2 Å². The third-order valence-electron chi connectivity index (χ3n) is 6.77. The molecule has 0 fully saturated rings. The number of hydrogen-bond acceptors (Lipinski definition) is 7. The Morgan fingerprint density at radius 1 is 1.15 bits per heavy atom. The summed E-state index contributed by atoms with van der Waals surface area (Å²) in [7, 11) is -0.401. The highest BCUT2D eigenvalue weighted by atomic mass is 32.2. The number of nitrogens with zero attached hydrogens (tertiary/aromatic N) is 1. The zero-order chi connectivity index (χ0) is 29.1. The maximum atomic E-state index is 14.5. The van der Waals surface area contributed by atoms with Crippen molar-refractivity contribution in [2.75, 3.05) is 12.9 Å². The summed E-state index contributed by atoms with van der Waals surface area (Å²) in [5.74, 6) is -1.45. The second-order valence-electron chi connectivity index (χ2n) is 10.3. The first-order valence-electron chi connectivity index (χ1n) is 12.5. The van der Waals surface area contributed by atoms with Gasteiger partial charge >= 0.3 is 0 Å². The normalized spacial score (nSPS) is 12.8. The van der Waals surface area contributed by atoms with Crippen LogP contribution in [0.25, 0.3) is 11.1 Å². The van der Waals surface area contributed by atoms with Crippen LogP contribution >= 0.6 is 11.9 Å². The molecule has 1 atom stereocenters. The summed E-state index contributed by atoms with van der Waals surface area (Å²) in [6, 6.07) is 10.4. The number of methoxy groups -OCH3 is 1. The number of aryl methyl sites for hydroxylation is 1. The Hall–Kier alpha value is -2.95. The van der Waals surface area contributed by atoms with Gasteiger partial charge in [-0.1, -0.05) is 37.9 Å². The van der Waals surface area contributed by atoms with E-state index in [9.17, 15) is 22.4 Å². The molecule has 0 unspecified atom stereocenters. The van der Waals surface area contributed by atoms with E-state index in [1.807, 2.05) is 20.8 Å². The van der Waals surface area contributed by atoms with Gasteiger partial charge in [0, 0.05) is 46.5 Å². The lowest BCUT2D eigenvalue weighted by molar-refractivity contribution is 0.103. The molecule has 2 N–H and O–H groups in total. The molecule has 0 amide bonds. The molecule has 0 saturated carbocycles. The molecule has 0 aliphatic rings. The summed E-state index contributed by atoms with van der Waals surface area (Å²) >= 11 is 1.23. The fourth-order valence-corrected chi connectivity index (χ4v) is 5.83. The lowest BCUT2D eigenvalue weighted by Crippen LogP contribution is -2.23. The van der Waals surface area contributed by atoms with Crippen molar-refractivity contribution in [3.63, 3.8) is 0 Å². The number of ketones is 1. The molecule has 1 heterocycles. The van der Waals surface area contributed by atoms with Gasteiger partial charge in [0.1, 0.15) is 0 Å². The van der Waals surface area contributed by atoms with Crippen molar-refractivity contribution < 1.29 is 22.3 Å². The number of carbonyl (C=O) groups excluding carboxylic acids is 1. The van der Waals surface area contributed by atoms with E-state index in [1.165, 1.54) is 35.8 Å². The van der Waals surface area contributed by atoms with Crippen molar-refractivity contribution in [2.24, 2.45) is 12.2 Å². The highest BCUT2D eigenvalue weighted by molar-refractivity contribution is 7.98. The molecule has 39 heavy (non-hydrogen) atoms. The smallest absolute Gasteiger partial charge is 0.250 e. The molecule has 10 heteroatoms. The van der Waals surface area contributed by atoms with Gasteiger partial charge in [0.2, 0.25) is 0 Å². The quantitative estimate of drug-likeness (QED) is 0.246. The third kappa shape index (κ3) is 7.17. The van der Waals surface area contributed by atoms with Crippen molar-refractivity contribution in [1.29, 1.82) is 0 Å². The van der Waals surface area contributed by atoms with Crippen LogP contribution in [0.3, 0.4) is 0 Å². The Kier molecular flexibility index (Phi) is 9.46. The maximum Gasteiger partial charge on any atom is 0.250 e.